The molecule has 0 amide bonds. The van der Waals surface area contributed by atoms with Crippen LogP contribution in [0, 0.1) is 5.82 Å². The molecule has 0 bridgehead atoms. The number of halogens is 2. The third kappa shape index (κ3) is 2.99. The van der Waals surface area contributed by atoms with E-state index < -0.39 is 0 Å². The van der Waals surface area contributed by atoms with E-state index in [1.165, 1.54) is 0 Å². The van der Waals surface area contributed by atoms with Crippen LogP contribution in [0.1, 0.15) is 30.7 Å². The standard InChI is InChI=1S/C14H15BrFNS/c1-2-3-12(17)14-7-6-13(18-14)9-4-5-10(15)11(16)8-9/h4-8,12H,2-3,17H2,1H3. The third-order valence-electron chi connectivity index (χ3n) is 2.80. The van der Waals surface area contributed by atoms with Crippen molar-refractivity contribution in [3.8, 4) is 10.4 Å². The predicted molar refractivity (Wildman–Crippen MR) is 79.2 cm³/mol. The van der Waals surface area contributed by atoms with Crippen LogP contribution in [0.5, 0.6) is 0 Å². The van der Waals surface area contributed by atoms with Gasteiger partial charge in [-0.1, -0.05) is 19.4 Å². The minimum atomic E-state index is -0.236. The van der Waals surface area contributed by atoms with E-state index in [1.54, 1.807) is 23.5 Å². The van der Waals surface area contributed by atoms with Crippen molar-refractivity contribution in [2.45, 2.75) is 25.8 Å². The predicted octanol–water partition coefficient (Wildman–Crippen LogP) is 5.12. The van der Waals surface area contributed by atoms with Crippen LogP contribution >= 0.6 is 27.3 Å². The summed E-state index contributed by atoms with van der Waals surface area (Å²) in [5.41, 5.74) is 6.98. The Morgan fingerprint density at radius 3 is 2.78 bits per heavy atom. The first kappa shape index (κ1) is 13.7. The molecular weight excluding hydrogens is 313 g/mol. The number of hydrogen-bond donors (Lipinski definition) is 1. The molecule has 2 N–H and O–H groups in total. The lowest BCUT2D eigenvalue weighted by atomic mass is 10.1. The summed E-state index contributed by atoms with van der Waals surface area (Å²) in [5.74, 6) is -0.236. The molecule has 0 saturated carbocycles. The van der Waals surface area contributed by atoms with E-state index in [4.69, 9.17) is 5.73 Å². The van der Waals surface area contributed by atoms with Crippen molar-refractivity contribution in [3.63, 3.8) is 0 Å². The summed E-state index contributed by atoms with van der Waals surface area (Å²) >= 11 is 4.80. The second kappa shape index (κ2) is 5.95. The first-order valence-corrected chi connectivity index (χ1v) is 7.53. The van der Waals surface area contributed by atoms with E-state index in [1.807, 2.05) is 18.2 Å². The number of rotatable bonds is 4. The molecule has 0 fully saturated rings. The van der Waals surface area contributed by atoms with Gasteiger partial charge in [0.25, 0.3) is 0 Å². The monoisotopic (exact) mass is 327 g/mol. The molecule has 1 nitrogen and oxygen atoms in total. The van der Waals surface area contributed by atoms with E-state index in [9.17, 15) is 4.39 Å². The van der Waals surface area contributed by atoms with Crippen molar-refractivity contribution in [1.29, 1.82) is 0 Å². The molecule has 2 rings (SSSR count). The normalized spacial score (nSPS) is 12.7. The number of nitrogens with two attached hydrogens (primary N) is 1. The Labute approximate surface area is 119 Å². The maximum Gasteiger partial charge on any atom is 0.138 e. The van der Waals surface area contributed by atoms with Gasteiger partial charge in [-0.25, -0.2) is 4.39 Å². The maximum absolute atomic E-state index is 13.5. The third-order valence-corrected chi connectivity index (χ3v) is 4.71. The van der Waals surface area contributed by atoms with Gasteiger partial charge in [-0.3, -0.25) is 0 Å². The van der Waals surface area contributed by atoms with Gasteiger partial charge >= 0.3 is 0 Å². The SMILES string of the molecule is CCCC(N)c1ccc(-c2ccc(Br)c(F)c2)s1. The number of thiophene rings is 1. The minimum absolute atomic E-state index is 0.0917. The second-order valence-electron chi connectivity index (χ2n) is 4.23. The summed E-state index contributed by atoms with van der Waals surface area (Å²) in [6, 6.07) is 9.34. The average molecular weight is 328 g/mol. The Hall–Kier alpha value is -0.710. The van der Waals surface area contributed by atoms with E-state index in [-0.39, 0.29) is 11.9 Å². The van der Waals surface area contributed by atoms with Gasteiger partial charge in [-0.15, -0.1) is 11.3 Å². The molecule has 18 heavy (non-hydrogen) atoms. The van der Waals surface area contributed by atoms with Crippen LogP contribution in [-0.4, -0.2) is 0 Å². The van der Waals surface area contributed by atoms with Crippen molar-refractivity contribution >= 4 is 27.3 Å². The Morgan fingerprint density at radius 1 is 1.33 bits per heavy atom. The molecule has 1 heterocycles. The molecule has 1 aromatic carbocycles. The summed E-state index contributed by atoms with van der Waals surface area (Å²) < 4.78 is 14.0. The molecule has 0 spiro atoms. The highest BCUT2D eigenvalue weighted by Crippen LogP contribution is 2.33. The minimum Gasteiger partial charge on any atom is -0.323 e. The van der Waals surface area contributed by atoms with Crippen LogP contribution < -0.4 is 5.73 Å². The van der Waals surface area contributed by atoms with Gasteiger partial charge in [-0.05, 0) is 52.2 Å². The van der Waals surface area contributed by atoms with E-state index in [0.717, 1.165) is 28.2 Å². The van der Waals surface area contributed by atoms with Gasteiger partial charge in [0.2, 0.25) is 0 Å². The summed E-state index contributed by atoms with van der Waals surface area (Å²) in [6.45, 7) is 2.12. The van der Waals surface area contributed by atoms with Crippen molar-refractivity contribution in [2.24, 2.45) is 5.73 Å². The highest BCUT2D eigenvalue weighted by molar-refractivity contribution is 9.10. The van der Waals surface area contributed by atoms with Gasteiger partial charge in [0, 0.05) is 15.8 Å². The molecule has 2 aromatic rings. The Morgan fingerprint density at radius 2 is 2.11 bits per heavy atom. The highest BCUT2D eigenvalue weighted by atomic mass is 79.9. The zero-order valence-electron chi connectivity index (χ0n) is 10.1. The van der Waals surface area contributed by atoms with Crippen molar-refractivity contribution in [1.82, 2.24) is 0 Å². The Balaban J connectivity index is 2.26. The quantitative estimate of drug-likeness (QED) is 0.828. The van der Waals surface area contributed by atoms with Crippen LogP contribution in [0.4, 0.5) is 4.39 Å². The molecule has 0 aliphatic heterocycles. The summed E-state index contributed by atoms with van der Waals surface area (Å²) in [6.07, 6.45) is 2.05. The van der Waals surface area contributed by atoms with Crippen molar-refractivity contribution in [2.75, 3.05) is 0 Å². The first-order chi connectivity index (χ1) is 8.61. The fourth-order valence-electron chi connectivity index (χ4n) is 1.81. The van der Waals surface area contributed by atoms with Crippen molar-refractivity contribution < 1.29 is 4.39 Å². The summed E-state index contributed by atoms with van der Waals surface area (Å²) in [4.78, 5) is 2.22. The van der Waals surface area contributed by atoms with Crippen LogP contribution in [0.3, 0.4) is 0 Å². The molecule has 4 heteroatoms. The van der Waals surface area contributed by atoms with Crippen LogP contribution in [-0.2, 0) is 0 Å². The van der Waals surface area contributed by atoms with E-state index in [0.29, 0.717) is 4.47 Å². The maximum atomic E-state index is 13.5. The average Bonchev–Trinajstić information content (AvgIpc) is 2.82. The number of hydrogen-bond acceptors (Lipinski definition) is 2. The molecule has 0 radical (unpaired) electrons. The second-order valence-corrected chi connectivity index (χ2v) is 6.20. The molecule has 1 atom stereocenters. The molecule has 0 saturated heterocycles. The molecule has 0 aliphatic rings. The molecule has 0 aliphatic carbocycles. The van der Waals surface area contributed by atoms with Gasteiger partial charge < -0.3 is 5.73 Å². The van der Waals surface area contributed by atoms with Crippen LogP contribution in [0.15, 0.2) is 34.8 Å². The zero-order valence-corrected chi connectivity index (χ0v) is 12.5. The largest absolute Gasteiger partial charge is 0.323 e. The van der Waals surface area contributed by atoms with E-state index >= 15 is 0 Å². The molecular formula is C14H15BrFNS. The topological polar surface area (TPSA) is 26.0 Å². The van der Waals surface area contributed by atoms with Gasteiger partial charge in [0.05, 0.1) is 4.47 Å². The fourth-order valence-corrected chi connectivity index (χ4v) is 3.10. The van der Waals surface area contributed by atoms with Crippen LogP contribution in [0.2, 0.25) is 0 Å². The summed E-state index contributed by atoms with van der Waals surface area (Å²) in [5, 5.41) is 0. The lowest BCUT2D eigenvalue weighted by Gasteiger charge is -2.06. The van der Waals surface area contributed by atoms with Gasteiger partial charge in [0.15, 0.2) is 0 Å². The Bertz CT molecular complexity index is 538. The van der Waals surface area contributed by atoms with Gasteiger partial charge in [-0.2, -0.15) is 0 Å². The lowest BCUT2D eigenvalue weighted by molar-refractivity contribution is 0.622. The molecule has 1 aromatic heterocycles. The molecule has 96 valence electrons. The highest BCUT2D eigenvalue weighted by Gasteiger charge is 2.10. The Kier molecular flexibility index (Phi) is 4.54. The lowest BCUT2D eigenvalue weighted by Crippen LogP contribution is -2.07. The fraction of sp³-hybridized carbons (Fsp3) is 0.286. The first-order valence-electron chi connectivity index (χ1n) is 5.92. The van der Waals surface area contributed by atoms with Crippen molar-refractivity contribution in [3.05, 3.63) is 45.5 Å². The zero-order chi connectivity index (χ0) is 13.1. The molecule has 1 unspecified atom stereocenters. The smallest absolute Gasteiger partial charge is 0.138 e. The van der Waals surface area contributed by atoms with Crippen LogP contribution in [0.25, 0.3) is 10.4 Å². The van der Waals surface area contributed by atoms with E-state index in [2.05, 4.69) is 22.9 Å². The summed E-state index contributed by atoms with van der Waals surface area (Å²) in [7, 11) is 0. The van der Waals surface area contributed by atoms with Gasteiger partial charge in [0.1, 0.15) is 5.82 Å². The number of benzene rings is 1.